The molecule has 0 aliphatic rings. The fraction of sp³-hybridized carbons (Fsp3) is 0.278. The van der Waals surface area contributed by atoms with Crippen molar-refractivity contribution in [2.45, 2.75) is 18.6 Å². The molecule has 2 atom stereocenters. The number of hydrogen-bond donors (Lipinski definition) is 2. The lowest BCUT2D eigenvalue weighted by Gasteiger charge is -2.17. The summed E-state index contributed by atoms with van der Waals surface area (Å²) in [4.78, 5) is 11.9. The number of benzene rings is 2. The SMILES string of the molecule is COC(CNC(=O)CC(O)c1cccc(F)c1)c1ccc(F)cc1. The number of hydrogen-bond acceptors (Lipinski definition) is 3. The van der Waals surface area contributed by atoms with Gasteiger partial charge in [0.05, 0.1) is 18.6 Å². The van der Waals surface area contributed by atoms with Crippen molar-refractivity contribution >= 4 is 5.91 Å². The standard InChI is InChI=1S/C18H19F2NO3/c1-24-17(12-5-7-14(19)8-6-12)11-21-18(23)10-16(22)13-3-2-4-15(20)9-13/h2-9,16-17,22H,10-11H2,1H3,(H,21,23). The van der Waals surface area contributed by atoms with Gasteiger partial charge in [-0.1, -0.05) is 24.3 Å². The molecule has 0 saturated carbocycles. The van der Waals surface area contributed by atoms with Crippen molar-refractivity contribution in [3.05, 3.63) is 71.3 Å². The van der Waals surface area contributed by atoms with Gasteiger partial charge in [-0.3, -0.25) is 4.79 Å². The molecule has 0 saturated heterocycles. The van der Waals surface area contributed by atoms with Crippen LogP contribution < -0.4 is 5.32 Å². The normalized spacial score (nSPS) is 13.3. The summed E-state index contributed by atoms with van der Waals surface area (Å²) in [6, 6.07) is 11.3. The molecule has 6 heteroatoms. The zero-order valence-corrected chi connectivity index (χ0v) is 13.2. The van der Waals surface area contributed by atoms with E-state index in [1.807, 2.05) is 0 Å². The predicted molar refractivity (Wildman–Crippen MR) is 85.1 cm³/mol. The monoisotopic (exact) mass is 335 g/mol. The highest BCUT2D eigenvalue weighted by atomic mass is 19.1. The number of aliphatic hydroxyl groups is 1. The molecule has 1 amide bonds. The molecule has 4 nitrogen and oxygen atoms in total. The maximum Gasteiger partial charge on any atom is 0.223 e. The third kappa shape index (κ3) is 5.11. The number of ether oxygens (including phenoxy) is 1. The predicted octanol–water partition coefficient (Wildman–Crippen LogP) is 2.89. The maximum absolute atomic E-state index is 13.1. The maximum atomic E-state index is 13.1. The van der Waals surface area contributed by atoms with Gasteiger partial charge < -0.3 is 15.2 Å². The average molecular weight is 335 g/mol. The lowest BCUT2D eigenvalue weighted by atomic mass is 10.1. The van der Waals surface area contributed by atoms with Crippen LogP contribution >= 0.6 is 0 Å². The Kier molecular flexibility index (Phi) is 6.40. The highest BCUT2D eigenvalue weighted by molar-refractivity contribution is 5.76. The molecule has 0 bridgehead atoms. The summed E-state index contributed by atoms with van der Waals surface area (Å²) in [6.07, 6.45) is -1.71. The zero-order chi connectivity index (χ0) is 17.5. The van der Waals surface area contributed by atoms with E-state index < -0.39 is 23.9 Å². The second kappa shape index (κ2) is 8.52. The smallest absolute Gasteiger partial charge is 0.223 e. The second-order valence-electron chi connectivity index (χ2n) is 5.35. The van der Waals surface area contributed by atoms with Gasteiger partial charge in [-0.2, -0.15) is 0 Å². The van der Waals surface area contributed by atoms with E-state index in [9.17, 15) is 18.7 Å². The lowest BCUT2D eigenvalue weighted by Crippen LogP contribution is -2.30. The van der Waals surface area contributed by atoms with E-state index in [1.165, 1.54) is 37.4 Å². The fourth-order valence-corrected chi connectivity index (χ4v) is 2.30. The summed E-state index contributed by atoms with van der Waals surface area (Å²) in [6.45, 7) is 0.177. The average Bonchev–Trinajstić information content (AvgIpc) is 2.57. The van der Waals surface area contributed by atoms with E-state index in [1.54, 1.807) is 18.2 Å². The Morgan fingerprint density at radius 2 is 1.83 bits per heavy atom. The van der Waals surface area contributed by atoms with Crippen molar-refractivity contribution in [1.82, 2.24) is 5.32 Å². The van der Waals surface area contributed by atoms with Crippen molar-refractivity contribution in [2.75, 3.05) is 13.7 Å². The van der Waals surface area contributed by atoms with Crippen molar-refractivity contribution < 1.29 is 23.4 Å². The largest absolute Gasteiger partial charge is 0.388 e. The molecular formula is C18H19F2NO3. The third-order valence-corrected chi connectivity index (χ3v) is 3.62. The molecule has 2 aromatic rings. The minimum atomic E-state index is -1.09. The molecule has 2 N–H and O–H groups in total. The molecule has 0 spiro atoms. The Labute approximate surface area is 139 Å². The molecule has 0 fully saturated rings. The Balaban J connectivity index is 1.88. The number of aliphatic hydroxyl groups excluding tert-OH is 1. The zero-order valence-electron chi connectivity index (χ0n) is 13.2. The van der Waals surface area contributed by atoms with E-state index >= 15 is 0 Å². The van der Waals surface area contributed by atoms with Crippen LogP contribution in [0.3, 0.4) is 0 Å². The molecule has 0 aliphatic carbocycles. The van der Waals surface area contributed by atoms with Gasteiger partial charge in [-0.15, -0.1) is 0 Å². The van der Waals surface area contributed by atoms with Gasteiger partial charge >= 0.3 is 0 Å². The minimum absolute atomic E-state index is 0.177. The first-order chi connectivity index (χ1) is 11.5. The number of halogens is 2. The number of amides is 1. The van der Waals surface area contributed by atoms with Crippen LogP contribution in [0, 0.1) is 11.6 Å². The van der Waals surface area contributed by atoms with Crippen molar-refractivity contribution in [3.8, 4) is 0 Å². The summed E-state index contributed by atoms with van der Waals surface area (Å²) in [7, 11) is 1.49. The van der Waals surface area contributed by atoms with Crippen LogP contribution in [0.25, 0.3) is 0 Å². The van der Waals surface area contributed by atoms with E-state index in [-0.39, 0.29) is 18.8 Å². The summed E-state index contributed by atoms with van der Waals surface area (Å²) in [5, 5.41) is 12.6. The number of rotatable bonds is 7. The second-order valence-corrected chi connectivity index (χ2v) is 5.35. The molecule has 0 aromatic heterocycles. The fourth-order valence-electron chi connectivity index (χ4n) is 2.30. The first-order valence-electron chi connectivity index (χ1n) is 7.48. The Morgan fingerprint density at radius 1 is 1.12 bits per heavy atom. The van der Waals surface area contributed by atoms with Crippen molar-refractivity contribution in [3.63, 3.8) is 0 Å². The summed E-state index contributed by atoms with van der Waals surface area (Å²) in [5.74, 6) is -1.21. The molecular weight excluding hydrogens is 316 g/mol. The first kappa shape index (κ1) is 18.0. The molecule has 128 valence electrons. The summed E-state index contributed by atoms with van der Waals surface area (Å²) < 4.78 is 31.3. The Hall–Kier alpha value is -2.31. The van der Waals surface area contributed by atoms with Gasteiger partial charge in [0.2, 0.25) is 5.91 Å². The van der Waals surface area contributed by atoms with Crippen molar-refractivity contribution in [1.29, 1.82) is 0 Å². The third-order valence-electron chi connectivity index (χ3n) is 3.62. The van der Waals surface area contributed by atoms with E-state index in [2.05, 4.69) is 5.32 Å². The van der Waals surface area contributed by atoms with Gasteiger partial charge in [0.1, 0.15) is 11.6 Å². The van der Waals surface area contributed by atoms with Gasteiger partial charge in [-0.05, 0) is 35.4 Å². The molecule has 2 aromatic carbocycles. The first-order valence-corrected chi connectivity index (χ1v) is 7.48. The molecule has 24 heavy (non-hydrogen) atoms. The highest BCUT2D eigenvalue weighted by Gasteiger charge is 2.16. The molecule has 2 rings (SSSR count). The molecule has 0 aliphatic heterocycles. The highest BCUT2D eigenvalue weighted by Crippen LogP contribution is 2.19. The number of methoxy groups -OCH3 is 1. The van der Waals surface area contributed by atoms with E-state index in [0.717, 1.165) is 5.56 Å². The lowest BCUT2D eigenvalue weighted by molar-refractivity contribution is -0.123. The summed E-state index contributed by atoms with van der Waals surface area (Å²) in [5.41, 5.74) is 1.07. The topological polar surface area (TPSA) is 58.6 Å². The van der Waals surface area contributed by atoms with Crippen LogP contribution in [0.5, 0.6) is 0 Å². The number of carbonyl (C=O) groups excluding carboxylic acids is 1. The van der Waals surface area contributed by atoms with Crippen LogP contribution in [0.4, 0.5) is 8.78 Å². The van der Waals surface area contributed by atoms with Crippen LogP contribution in [0.1, 0.15) is 29.8 Å². The van der Waals surface area contributed by atoms with Gasteiger partial charge in [-0.25, -0.2) is 8.78 Å². The molecule has 2 unspecified atom stereocenters. The Morgan fingerprint density at radius 3 is 2.46 bits per heavy atom. The number of carbonyl (C=O) groups is 1. The Bertz CT molecular complexity index is 676. The van der Waals surface area contributed by atoms with Crippen LogP contribution in [0.15, 0.2) is 48.5 Å². The quantitative estimate of drug-likeness (QED) is 0.818. The number of nitrogens with one attached hydrogen (secondary N) is 1. The van der Waals surface area contributed by atoms with Crippen LogP contribution in [-0.2, 0) is 9.53 Å². The van der Waals surface area contributed by atoms with Crippen LogP contribution in [0.2, 0.25) is 0 Å². The summed E-state index contributed by atoms with van der Waals surface area (Å²) >= 11 is 0. The molecule has 0 radical (unpaired) electrons. The van der Waals surface area contributed by atoms with Gasteiger partial charge in [0.25, 0.3) is 0 Å². The van der Waals surface area contributed by atoms with Gasteiger partial charge in [0, 0.05) is 13.7 Å². The van der Waals surface area contributed by atoms with Gasteiger partial charge in [0.15, 0.2) is 0 Å². The minimum Gasteiger partial charge on any atom is -0.388 e. The van der Waals surface area contributed by atoms with Crippen molar-refractivity contribution in [2.24, 2.45) is 0 Å². The van der Waals surface area contributed by atoms with E-state index in [0.29, 0.717) is 5.56 Å². The van der Waals surface area contributed by atoms with Crippen LogP contribution in [-0.4, -0.2) is 24.7 Å². The van der Waals surface area contributed by atoms with E-state index in [4.69, 9.17) is 4.74 Å². The molecule has 0 heterocycles.